The van der Waals surface area contributed by atoms with Crippen LogP contribution in [0.1, 0.15) is 12.8 Å². The minimum atomic E-state index is -0.00223. The number of hydrogen-bond acceptors (Lipinski definition) is 4. The van der Waals surface area contributed by atoms with Crippen LogP contribution in [0.2, 0.25) is 0 Å². The van der Waals surface area contributed by atoms with Crippen LogP contribution in [0.3, 0.4) is 0 Å². The van der Waals surface area contributed by atoms with Crippen LogP contribution in [-0.4, -0.2) is 45.0 Å². The third-order valence-corrected chi connectivity index (χ3v) is 4.10. The maximum atomic E-state index is 11.6. The van der Waals surface area contributed by atoms with E-state index in [0.717, 1.165) is 29.8 Å². The molecule has 0 saturated carbocycles. The first-order valence-electron chi connectivity index (χ1n) is 7.70. The Morgan fingerprint density at radius 2 is 2.00 bits per heavy atom. The van der Waals surface area contributed by atoms with Gasteiger partial charge < -0.3 is 9.64 Å². The van der Waals surface area contributed by atoms with Gasteiger partial charge in [-0.05, 0) is 30.3 Å². The van der Waals surface area contributed by atoms with Gasteiger partial charge in [0.05, 0.1) is 11.9 Å². The molecule has 6 nitrogen and oxygen atoms in total. The van der Waals surface area contributed by atoms with Crippen molar-refractivity contribution in [2.24, 2.45) is 7.05 Å². The summed E-state index contributed by atoms with van der Waals surface area (Å²) in [4.78, 5) is 13.4. The first kappa shape index (κ1) is 15.3. The van der Waals surface area contributed by atoms with E-state index in [9.17, 15) is 4.79 Å². The van der Waals surface area contributed by atoms with E-state index in [1.165, 1.54) is 6.08 Å². The van der Waals surface area contributed by atoms with Crippen LogP contribution < -0.4 is 4.74 Å². The summed E-state index contributed by atoms with van der Waals surface area (Å²) in [5.41, 5.74) is 2.02. The van der Waals surface area contributed by atoms with Crippen LogP contribution in [-0.2, 0) is 11.8 Å². The highest BCUT2D eigenvalue weighted by atomic mass is 16.5. The van der Waals surface area contributed by atoms with Crippen molar-refractivity contribution >= 4 is 5.91 Å². The number of aryl methyl sites for hydroxylation is 1. The van der Waals surface area contributed by atoms with Crippen molar-refractivity contribution in [1.29, 1.82) is 0 Å². The van der Waals surface area contributed by atoms with Crippen LogP contribution in [0.4, 0.5) is 0 Å². The van der Waals surface area contributed by atoms with Crippen LogP contribution in [0.5, 0.6) is 5.75 Å². The van der Waals surface area contributed by atoms with Crippen LogP contribution >= 0.6 is 0 Å². The maximum Gasteiger partial charge on any atom is 0.245 e. The molecule has 1 aliphatic heterocycles. The number of rotatable bonds is 4. The van der Waals surface area contributed by atoms with Gasteiger partial charge in [-0.3, -0.25) is 4.79 Å². The van der Waals surface area contributed by atoms with Crippen LogP contribution in [0, 0.1) is 0 Å². The lowest BCUT2D eigenvalue weighted by molar-refractivity contribution is -0.127. The molecule has 1 saturated heterocycles. The number of hydrogen-bond donors (Lipinski definition) is 0. The van der Waals surface area contributed by atoms with Gasteiger partial charge in [-0.25, -0.2) is 4.68 Å². The Hall–Kier alpha value is -2.63. The van der Waals surface area contributed by atoms with E-state index in [0.29, 0.717) is 13.1 Å². The second-order valence-corrected chi connectivity index (χ2v) is 5.61. The predicted octanol–water partition coefficient (Wildman–Crippen LogP) is 2.04. The van der Waals surface area contributed by atoms with Gasteiger partial charge >= 0.3 is 0 Å². The predicted molar refractivity (Wildman–Crippen MR) is 86.9 cm³/mol. The highest BCUT2D eigenvalue weighted by Crippen LogP contribution is 2.23. The number of ether oxygens (including phenoxy) is 1. The highest BCUT2D eigenvalue weighted by Gasteiger charge is 2.22. The van der Waals surface area contributed by atoms with E-state index in [2.05, 4.69) is 16.9 Å². The fourth-order valence-electron chi connectivity index (χ4n) is 2.77. The molecule has 2 aromatic rings. The number of piperidine rings is 1. The molecule has 1 amide bonds. The lowest BCUT2D eigenvalue weighted by Gasteiger charge is -2.31. The Morgan fingerprint density at radius 3 is 2.57 bits per heavy atom. The molecule has 0 atom stereocenters. The molecular weight excluding hydrogens is 292 g/mol. The molecule has 1 aromatic heterocycles. The summed E-state index contributed by atoms with van der Waals surface area (Å²) in [5.74, 6) is 0.843. The van der Waals surface area contributed by atoms with Crippen molar-refractivity contribution in [3.63, 3.8) is 0 Å². The Morgan fingerprint density at radius 1 is 1.30 bits per heavy atom. The standard InChI is InChI=1S/C17H20N4O2/c1-3-17(22)21-10-8-15(9-11-21)23-14-6-4-13(5-7-14)16-12-18-19-20(16)2/h3-7,12,15H,1,8-11H2,2H3. The van der Waals surface area contributed by atoms with Crippen molar-refractivity contribution in [2.45, 2.75) is 18.9 Å². The van der Waals surface area contributed by atoms with Crippen LogP contribution in [0.15, 0.2) is 43.1 Å². The molecule has 0 aliphatic carbocycles. The molecule has 0 spiro atoms. The zero-order valence-corrected chi connectivity index (χ0v) is 13.2. The zero-order chi connectivity index (χ0) is 16.2. The topological polar surface area (TPSA) is 60.3 Å². The smallest absolute Gasteiger partial charge is 0.245 e. The average Bonchev–Trinajstić information content (AvgIpc) is 3.01. The Labute approximate surface area is 135 Å². The number of benzene rings is 1. The van der Waals surface area contributed by atoms with E-state index >= 15 is 0 Å². The molecule has 120 valence electrons. The first-order chi connectivity index (χ1) is 11.2. The van der Waals surface area contributed by atoms with Gasteiger partial charge in [-0.2, -0.15) is 0 Å². The summed E-state index contributed by atoms with van der Waals surface area (Å²) in [6, 6.07) is 7.93. The Kier molecular flexibility index (Phi) is 4.41. The first-order valence-corrected chi connectivity index (χ1v) is 7.70. The molecule has 0 bridgehead atoms. The Bertz CT molecular complexity index is 685. The second kappa shape index (κ2) is 6.64. The molecule has 0 N–H and O–H groups in total. The number of amides is 1. The zero-order valence-electron chi connectivity index (χ0n) is 13.2. The molecule has 0 radical (unpaired) electrons. The lowest BCUT2D eigenvalue weighted by atomic mass is 10.1. The molecule has 3 rings (SSSR count). The van der Waals surface area contributed by atoms with E-state index < -0.39 is 0 Å². The fraction of sp³-hybridized carbons (Fsp3) is 0.353. The summed E-state index contributed by atoms with van der Waals surface area (Å²) >= 11 is 0. The molecule has 6 heteroatoms. The monoisotopic (exact) mass is 312 g/mol. The van der Waals surface area contributed by atoms with Crippen LogP contribution in [0.25, 0.3) is 11.3 Å². The summed E-state index contributed by atoms with van der Waals surface area (Å²) < 4.78 is 7.76. The van der Waals surface area contributed by atoms with Gasteiger partial charge in [0.25, 0.3) is 0 Å². The third kappa shape index (κ3) is 3.41. The van der Waals surface area contributed by atoms with Crippen molar-refractivity contribution in [3.8, 4) is 17.0 Å². The minimum absolute atomic E-state index is 0.00223. The summed E-state index contributed by atoms with van der Waals surface area (Å²) in [5, 5.41) is 7.82. The van der Waals surface area contributed by atoms with Gasteiger partial charge in [0, 0.05) is 38.5 Å². The highest BCUT2D eigenvalue weighted by molar-refractivity contribution is 5.87. The molecular formula is C17H20N4O2. The largest absolute Gasteiger partial charge is 0.490 e. The average molecular weight is 312 g/mol. The summed E-state index contributed by atoms with van der Waals surface area (Å²) in [6.45, 7) is 4.96. The molecule has 1 aromatic carbocycles. The van der Waals surface area contributed by atoms with E-state index in [4.69, 9.17) is 4.74 Å². The van der Waals surface area contributed by atoms with E-state index in [1.54, 1.807) is 10.9 Å². The number of aromatic nitrogens is 3. The van der Waals surface area contributed by atoms with Gasteiger partial charge in [-0.1, -0.05) is 11.8 Å². The van der Waals surface area contributed by atoms with Crippen molar-refractivity contribution in [1.82, 2.24) is 19.9 Å². The molecule has 2 heterocycles. The fourth-order valence-corrected chi connectivity index (χ4v) is 2.77. The second-order valence-electron chi connectivity index (χ2n) is 5.61. The number of nitrogens with zero attached hydrogens (tertiary/aromatic N) is 4. The van der Waals surface area contributed by atoms with E-state index in [1.807, 2.05) is 36.2 Å². The summed E-state index contributed by atoms with van der Waals surface area (Å²) in [7, 11) is 1.87. The van der Waals surface area contributed by atoms with Crippen molar-refractivity contribution < 1.29 is 9.53 Å². The lowest BCUT2D eigenvalue weighted by Crippen LogP contribution is -2.41. The number of carbonyl (C=O) groups is 1. The Balaban J connectivity index is 1.58. The van der Waals surface area contributed by atoms with Gasteiger partial charge in [0.1, 0.15) is 11.9 Å². The van der Waals surface area contributed by atoms with Crippen molar-refractivity contribution in [3.05, 3.63) is 43.1 Å². The molecule has 23 heavy (non-hydrogen) atoms. The molecule has 1 aliphatic rings. The quantitative estimate of drug-likeness (QED) is 0.811. The minimum Gasteiger partial charge on any atom is -0.490 e. The summed E-state index contributed by atoms with van der Waals surface area (Å²) in [6.07, 6.45) is 4.93. The number of carbonyl (C=O) groups excluding carboxylic acids is 1. The third-order valence-electron chi connectivity index (χ3n) is 4.10. The maximum absolute atomic E-state index is 11.6. The van der Waals surface area contributed by atoms with E-state index in [-0.39, 0.29) is 12.0 Å². The SMILES string of the molecule is C=CC(=O)N1CCC(Oc2ccc(-c3cnnn3C)cc2)CC1. The molecule has 1 fully saturated rings. The normalized spacial score (nSPS) is 15.4. The van der Waals surface area contributed by atoms with Gasteiger partial charge in [-0.15, -0.1) is 5.10 Å². The molecule has 0 unspecified atom stereocenters. The van der Waals surface area contributed by atoms with Gasteiger partial charge in [0.2, 0.25) is 5.91 Å². The number of likely N-dealkylation sites (tertiary alicyclic amines) is 1. The van der Waals surface area contributed by atoms with Crippen molar-refractivity contribution in [2.75, 3.05) is 13.1 Å². The van der Waals surface area contributed by atoms with Gasteiger partial charge in [0.15, 0.2) is 0 Å².